The van der Waals surface area contributed by atoms with Gasteiger partial charge in [-0.3, -0.25) is 4.72 Å². The van der Waals surface area contributed by atoms with Gasteiger partial charge in [0.1, 0.15) is 0 Å². The average Bonchev–Trinajstić information content (AvgIpc) is 2.68. The van der Waals surface area contributed by atoms with Crippen molar-refractivity contribution in [1.29, 1.82) is 0 Å². The van der Waals surface area contributed by atoms with Crippen LogP contribution in [0.2, 0.25) is 0 Å². The van der Waals surface area contributed by atoms with Crippen LogP contribution in [0.3, 0.4) is 0 Å². The van der Waals surface area contributed by atoms with Gasteiger partial charge in [0.05, 0.1) is 9.79 Å². The maximum atomic E-state index is 12.6. The first kappa shape index (κ1) is 22.7. The summed E-state index contributed by atoms with van der Waals surface area (Å²) >= 11 is 0. The van der Waals surface area contributed by atoms with Crippen LogP contribution in [0.15, 0.2) is 70.6 Å². The molecule has 164 valence electrons. The Morgan fingerprint density at radius 2 is 1.35 bits per heavy atom. The van der Waals surface area contributed by atoms with Gasteiger partial charge in [0, 0.05) is 17.6 Å². The van der Waals surface area contributed by atoms with Crippen molar-refractivity contribution >= 4 is 31.7 Å². The predicted molar refractivity (Wildman–Crippen MR) is 120 cm³/mol. The molecule has 0 radical (unpaired) electrons. The summed E-state index contributed by atoms with van der Waals surface area (Å²) < 4.78 is 55.0. The second-order valence-corrected chi connectivity index (χ2v) is 10.9. The first-order chi connectivity index (χ1) is 14.5. The molecule has 0 fully saturated rings. The van der Waals surface area contributed by atoms with Crippen LogP contribution in [0.25, 0.3) is 0 Å². The van der Waals surface area contributed by atoms with E-state index in [-0.39, 0.29) is 21.4 Å². The van der Waals surface area contributed by atoms with E-state index in [9.17, 15) is 16.8 Å². The maximum Gasteiger partial charge on any atom is 0.264 e. The molecule has 2 aromatic carbocycles. The van der Waals surface area contributed by atoms with E-state index in [0.29, 0.717) is 11.6 Å². The molecular weight excluding hydrogens is 436 g/mol. The van der Waals surface area contributed by atoms with E-state index in [2.05, 4.69) is 33.3 Å². The molecule has 0 saturated carbocycles. The highest BCUT2D eigenvalue weighted by atomic mass is 32.2. The SMILES string of the molecule is Cc1ccnc(NS(=O)(=O)c2ccc(NS(=O)(=O)c3ccc(CC(C)C)cc3)cc2)n1. The quantitative estimate of drug-likeness (QED) is 0.530. The van der Waals surface area contributed by atoms with Gasteiger partial charge in [-0.15, -0.1) is 0 Å². The third-order valence-corrected chi connectivity index (χ3v) is 7.06. The first-order valence-corrected chi connectivity index (χ1v) is 12.6. The predicted octanol–water partition coefficient (Wildman–Crippen LogP) is 3.59. The van der Waals surface area contributed by atoms with Crippen molar-refractivity contribution < 1.29 is 16.8 Å². The standard InChI is InChI=1S/C21H24N4O4S2/c1-15(2)14-17-4-8-19(9-5-17)30(26,27)24-18-6-10-20(11-7-18)31(28,29)25-21-22-13-12-16(3)23-21/h4-13,15,24H,14H2,1-3H3,(H,22,23,25). The zero-order valence-electron chi connectivity index (χ0n) is 17.4. The number of sulfonamides is 2. The first-order valence-electron chi connectivity index (χ1n) is 9.59. The number of anilines is 2. The molecule has 0 aliphatic carbocycles. The number of hydrogen-bond acceptors (Lipinski definition) is 6. The zero-order chi connectivity index (χ0) is 22.6. The lowest BCUT2D eigenvalue weighted by molar-refractivity contribution is 0.599. The Morgan fingerprint density at radius 3 is 1.90 bits per heavy atom. The summed E-state index contributed by atoms with van der Waals surface area (Å²) in [6.45, 7) is 5.91. The lowest BCUT2D eigenvalue weighted by atomic mass is 10.0. The van der Waals surface area contributed by atoms with E-state index < -0.39 is 20.0 Å². The topological polar surface area (TPSA) is 118 Å². The van der Waals surface area contributed by atoms with E-state index in [0.717, 1.165) is 12.0 Å². The van der Waals surface area contributed by atoms with Crippen LogP contribution in [-0.2, 0) is 26.5 Å². The van der Waals surface area contributed by atoms with Gasteiger partial charge in [0.2, 0.25) is 5.95 Å². The van der Waals surface area contributed by atoms with Crippen LogP contribution in [0.5, 0.6) is 0 Å². The third kappa shape index (κ3) is 6.02. The fraction of sp³-hybridized carbons (Fsp3) is 0.238. The number of aromatic nitrogens is 2. The molecule has 31 heavy (non-hydrogen) atoms. The minimum absolute atomic E-state index is 0.0364. The van der Waals surface area contributed by atoms with Gasteiger partial charge in [-0.2, -0.15) is 0 Å². The molecule has 0 unspecified atom stereocenters. The number of nitrogens with zero attached hydrogens (tertiary/aromatic N) is 2. The largest absolute Gasteiger partial charge is 0.280 e. The fourth-order valence-electron chi connectivity index (χ4n) is 2.87. The van der Waals surface area contributed by atoms with Gasteiger partial charge in [-0.1, -0.05) is 26.0 Å². The minimum Gasteiger partial charge on any atom is -0.280 e. The molecule has 3 rings (SSSR count). The average molecular weight is 461 g/mol. The minimum atomic E-state index is -3.91. The Kier molecular flexibility index (Phi) is 6.61. The van der Waals surface area contributed by atoms with Crippen LogP contribution in [0, 0.1) is 12.8 Å². The molecule has 0 atom stereocenters. The fourth-order valence-corrected chi connectivity index (χ4v) is 4.88. The van der Waals surface area contributed by atoms with Crippen molar-refractivity contribution in [2.75, 3.05) is 9.44 Å². The highest BCUT2D eigenvalue weighted by molar-refractivity contribution is 7.93. The van der Waals surface area contributed by atoms with Gasteiger partial charge in [-0.25, -0.2) is 31.5 Å². The molecule has 8 nitrogen and oxygen atoms in total. The molecule has 0 bridgehead atoms. The maximum absolute atomic E-state index is 12.6. The van der Waals surface area contributed by atoms with Crippen LogP contribution < -0.4 is 9.44 Å². The second kappa shape index (κ2) is 9.03. The van der Waals surface area contributed by atoms with Crippen molar-refractivity contribution in [3.8, 4) is 0 Å². The molecule has 2 N–H and O–H groups in total. The number of rotatable bonds is 8. The summed E-state index contributed by atoms with van der Waals surface area (Å²) in [5.74, 6) is 0.438. The van der Waals surface area contributed by atoms with Crippen molar-refractivity contribution in [1.82, 2.24) is 9.97 Å². The van der Waals surface area contributed by atoms with Crippen molar-refractivity contribution in [2.45, 2.75) is 37.0 Å². The van der Waals surface area contributed by atoms with Gasteiger partial charge in [-0.05, 0) is 67.3 Å². The highest BCUT2D eigenvalue weighted by Crippen LogP contribution is 2.20. The summed E-state index contributed by atoms with van der Waals surface area (Å²) in [5.41, 5.74) is 1.93. The molecule has 0 spiro atoms. The van der Waals surface area contributed by atoms with Gasteiger partial charge < -0.3 is 0 Å². The van der Waals surface area contributed by atoms with E-state index >= 15 is 0 Å². The summed E-state index contributed by atoms with van der Waals surface area (Å²) in [6.07, 6.45) is 2.32. The lowest BCUT2D eigenvalue weighted by Gasteiger charge is -2.11. The molecule has 0 aliphatic rings. The molecule has 1 aromatic heterocycles. The number of nitrogens with one attached hydrogen (secondary N) is 2. The number of benzene rings is 2. The smallest absolute Gasteiger partial charge is 0.264 e. The molecule has 0 amide bonds. The van der Waals surface area contributed by atoms with Gasteiger partial charge in [0.15, 0.2) is 0 Å². The Balaban J connectivity index is 1.73. The molecule has 1 heterocycles. The Morgan fingerprint density at radius 1 is 0.806 bits per heavy atom. The van der Waals surface area contributed by atoms with Crippen molar-refractivity contribution in [3.05, 3.63) is 72.1 Å². The van der Waals surface area contributed by atoms with Crippen LogP contribution in [0.1, 0.15) is 25.1 Å². The monoisotopic (exact) mass is 460 g/mol. The third-order valence-electron chi connectivity index (χ3n) is 4.31. The molecule has 0 aliphatic heterocycles. The number of aryl methyl sites for hydroxylation is 1. The number of hydrogen-bond donors (Lipinski definition) is 2. The molecule has 3 aromatic rings. The van der Waals surface area contributed by atoms with E-state index in [1.807, 2.05) is 0 Å². The lowest BCUT2D eigenvalue weighted by Crippen LogP contribution is -2.16. The highest BCUT2D eigenvalue weighted by Gasteiger charge is 2.18. The van der Waals surface area contributed by atoms with E-state index in [1.54, 1.807) is 37.3 Å². The molecule has 0 saturated heterocycles. The Hall–Kier alpha value is -2.98. The van der Waals surface area contributed by atoms with Crippen LogP contribution >= 0.6 is 0 Å². The van der Waals surface area contributed by atoms with Crippen molar-refractivity contribution in [2.24, 2.45) is 5.92 Å². The Bertz CT molecular complexity index is 1260. The zero-order valence-corrected chi connectivity index (χ0v) is 19.0. The van der Waals surface area contributed by atoms with E-state index in [1.165, 1.54) is 30.5 Å². The molecule has 10 heteroatoms. The van der Waals surface area contributed by atoms with E-state index in [4.69, 9.17) is 0 Å². The van der Waals surface area contributed by atoms with Gasteiger partial charge in [0.25, 0.3) is 20.0 Å². The second-order valence-electron chi connectivity index (χ2n) is 7.50. The normalized spacial score (nSPS) is 12.0. The summed E-state index contributed by atoms with van der Waals surface area (Å²) in [5, 5.41) is 0. The van der Waals surface area contributed by atoms with Crippen LogP contribution in [-0.4, -0.2) is 26.8 Å². The summed E-state index contributed by atoms with van der Waals surface area (Å²) in [6, 6.07) is 13.7. The molecular formula is C21H24N4O4S2. The Labute approximate surface area is 182 Å². The summed E-state index contributed by atoms with van der Waals surface area (Å²) in [7, 11) is -7.71. The summed E-state index contributed by atoms with van der Waals surface area (Å²) in [4.78, 5) is 7.98. The van der Waals surface area contributed by atoms with Crippen LogP contribution in [0.4, 0.5) is 11.6 Å². The van der Waals surface area contributed by atoms with Gasteiger partial charge >= 0.3 is 0 Å². The van der Waals surface area contributed by atoms with Crippen molar-refractivity contribution in [3.63, 3.8) is 0 Å².